The van der Waals surface area contributed by atoms with Gasteiger partial charge in [-0.15, -0.1) is 0 Å². The molecule has 0 bridgehead atoms. The van der Waals surface area contributed by atoms with E-state index in [4.69, 9.17) is 9.47 Å². The molecule has 0 aliphatic heterocycles. The van der Waals surface area contributed by atoms with Crippen molar-refractivity contribution in [2.45, 2.75) is 46.1 Å². The smallest absolute Gasteiger partial charge is 0.407 e. The Morgan fingerprint density at radius 1 is 1.28 bits per heavy atom. The molecule has 0 spiro atoms. The summed E-state index contributed by atoms with van der Waals surface area (Å²) in [5, 5.41) is 10.9. The lowest BCUT2D eigenvalue weighted by Crippen LogP contribution is -2.33. The Hall–Kier alpha value is -2.57. The van der Waals surface area contributed by atoms with Crippen LogP contribution in [0.25, 0.3) is 10.9 Å². The number of aromatic amines is 1. The molecule has 0 atom stereocenters. The molecule has 0 radical (unpaired) electrons. The van der Waals surface area contributed by atoms with Crippen molar-refractivity contribution in [3.63, 3.8) is 0 Å². The largest absolute Gasteiger partial charge is 0.466 e. The molecule has 1 aromatic carbocycles. The Bertz CT molecular complexity index is 746. The molecule has 0 aliphatic carbocycles. The lowest BCUT2D eigenvalue weighted by molar-refractivity contribution is -0.142. The molecule has 2 rings (SSSR count). The minimum absolute atomic E-state index is 0.227. The molecule has 2 aromatic rings. The maximum atomic E-state index is 11.7. The molecular formula is C18H25N3O4. The van der Waals surface area contributed by atoms with Gasteiger partial charge in [0.1, 0.15) is 5.60 Å². The fraction of sp³-hybridized carbons (Fsp3) is 0.500. The third kappa shape index (κ3) is 5.77. The average molecular weight is 347 g/mol. The standard InChI is InChI=1S/C18H25N3O4/c1-5-24-16(22)11-12-6-7-14-13(10-12)15(21-20-14)8-9-19-17(23)25-18(2,3)4/h6-7,10H,5,8-9,11H2,1-4H3,(H,19,23)(H,20,21). The van der Waals surface area contributed by atoms with E-state index in [1.165, 1.54) is 0 Å². The van der Waals surface area contributed by atoms with Crippen molar-refractivity contribution in [3.05, 3.63) is 29.5 Å². The first-order valence-corrected chi connectivity index (χ1v) is 8.37. The van der Waals surface area contributed by atoms with Crippen molar-refractivity contribution in [2.24, 2.45) is 0 Å². The van der Waals surface area contributed by atoms with E-state index in [2.05, 4.69) is 15.5 Å². The van der Waals surface area contributed by atoms with Crippen LogP contribution in [-0.2, 0) is 27.1 Å². The summed E-state index contributed by atoms with van der Waals surface area (Å²) in [5.74, 6) is -0.251. The number of amides is 1. The van der Waals surface area contributed by atoms with E-state index in [0.29, 0.717) is 19.6 Å². The second-order valence-corrected chi connectivity index (χ2v) is 6.71. The second kappa shape index (κ2) is 8.00. The maximum Gasteiger partial charge on any atom is 0.407 e. The van der Waals surface area contributed by atoms with Gasteiger partial charge in [0.25, 0.3) is 0 Å². The van der Waals surface area contributed by atoms with Gasteiger partial charge in [-0.3, -0.25) is 9.89 Å². The summed E-state index contributed by atoms with van der Waals surface area (Å²) < 4.78 is 10.2. The zero-order chi connectivity index (χ0) is 18.4. The molecule has 7 nitrogen and oxygen atoms in total. The molecule has 0 fully saturated rings. The van der Waals surface area contributed by atoms with Gasteiger partial charge in [0, 0.05) is 24.0 Å². The molecule has 2 N–H and O–H groups in total. The molecular weight excluding hydrogens is 322 g/mol. The second-order valence-electron chi connectivity index (χ2n) is 6.71. The summed E-state index contributed by atoms with van der Waals surface area (Å²) >= 11 is 0. The van der Waals surface area contributed by atoms with Crippen LogP contribution in [0.4, 0.5) is 4.79 Å². The number of benzene rings is 1. The number of nitrogens with zero attached hydrogens (tertiary/aromatic N) is 1. The van der Waals surface area contributed by atoms with Crippen LogP contribution in [-0.4, -0.2) is 41.0 Å². The molecule has 0 saturated heterocycles. The monoisotopic (exact) mass is 347 g/mol. The Balaban J connectivity index is 1.99. The van der Waals surface area contributed by atoms with Crippen molar-refractivity contribution in [3.8, 4) is 0 Å². The van der Waals surface area contributed by atoms with Crippen molar-refractivity contribution in [2.75, 3.05) is 13.2 Å². The predicted octanol–water partition coefficient (Wildman–Crippen LogP) is 2.74. The SMILES string of the molecule is CCOC(=O)Cc1ccc2n[nH]c(CCNC(=O)OC(C)(C)C)c2c1. The number of carbonyl (C=O) groups excluding carboxylic acids is 2. The summed E-state index contributed by atoms with van der Waals surface area (Å²) in [6, 6.07) is 5.66. The van der Waals surface area contributed by atoms with Gasteiger partial charge in [-0.25, -0.2) is 4.79 Å². The van der Waals surface area contributed by atoms with Gasteiger partial charge in [-0.05, 0) is 45.4 Å². The van der Waals surface area contributed by atoms with Crippen LogP contribution in [0.5, 0.6) is 0 Å². The number of carbonyl (C=O) groups is 2. The van der Waals surface area contributed by atoms with E-state index in [1.807, 2.05) is 39.0 Å². The minimum atomic E-state index is -0.521. The van der Waals surface area contributed by atoms with Gasteiger partial charge in [-0.1, -0.05) is 6.07 Å². The normalized spacial score (nSPS) is 11.4. The van der Waals surface area contributed by atoms with Crippen LogP contribution >= 0.6 is 0 Å². The Kier molecular flexibility index (Phi) is 6.01. The van der Waals surface area contributed by atoms with E-state index < -0.39 is 11.7 Å². The summed E-state index contributed by atoms with van der Waals surface area (Å²) in [7, 11) is 0. The third-order valence-electron chi connectivity index (χ3n) is 3.39. The number of hydrogen-bond donors (Lipinski definition) is 2. The number of alkyl carbamates (subject to hydrolysis) is 1. The number of fused-ring (bicyclic) bond motifs is 1. The summed E-state index contributed by atoms with van der Waals surface area (Å²) in [4.78, 5) is 23.3. The molecule has 1 heterocycles. The highest BCUT2D eigenvalue weighted by molar-refractivity contribution is 5.83. The zero-order valence-corrected chi connectivity index (χ0v) is 15.1. The molecule has 25 heavy (non-hydrogen) atoms. The van der Waals surface area contributed by atoms with Gasteiger partial charge < -0.3 is 14.8 Å². The van der Waals surface area contributed by atoms with Crippen molar-refractivity contribution >= 4 is 23.0 Å². The van der Waals surface area contributed by atoms with E-state index >= 15 is 0 Å². The Morgan fingerprint density at radius 3 is 2.72 bits per heavy atom. The topological polar surface area (TPSA) is 93.3 Å². The van der Waals surface area contributed by atoms with E-state index in [9.17, 15) is 9.59 Å². The van der Waals surface area contributed by atoms with Crippen LogP contribution in [0.3, 0.4) is 0 Å². The highest BCUT2D eigenvalue weighted by atomic mass is 16.6. The molecule has 1 aromatic heterocycles. The number of H-pyrrole nitrogens is 1. The number of hydrogen-bond acceptors (Lipinski definition) is 5. The molecule has 0 unspecified atom stereocenters. The van der Waals surface area contributed by atoms with E-state index in [1.54, 1.807) is 6.92 Å². The van der Waals surface area contributed by atoms with Crippen LogP contribution in [0.1, 0.15) is 39.0 Å². The number of aromatic nitrogens is 2. The fourth-order valence-electron chi connectivity index (χ4n) is 2.39. The Morgan fingerprint density at radius 2 is 2.04 bits per heavy atom. The summed E-state index contributed by atoms with van der Waals surface area (Å²) in [6.45, 7) is 8.04. The first kappa shape index (κ1) is 18.8. The molecule has 0 aliphatic rings. The van der Waals surface area contributed by atoms with Gasteiger partial charge in [0.15, 0.2) is 0 Å². The third-order valence-corrected chi connectivity index (χ3v) is 3.39. The van der Waals surface area contributed by atoms with Crippen LogP contribution in [0.15, 0.2) is 18.2 Å². The van der Waals surface area contributed by atoms with E-state index in [-0.39, 0.29) is 12.4 Å². The number of ether oxygens (including phenoxy) is 2. The summed E-state index contributed by atoms with van der Waals surface area (Å²) in [6.07, 6.45) is 0.364. The van der Waals surface area contributed by atoms with Crippen molar-refractivity contribution in [1.82, 2.24) is 15.5 Å². The van der Waals surface area contributed by atoms with Crippen LogP contribution < -0.4 is 5.32 Å². The quantitative estimate of drug-likeness (QED) is 0.784. The lowest BCUT2D eigenvalue weighted by atomic mass is 10.1. The Labute approximate surface area is 147 Å². The van der Waals surface area contributed by atoms with Crippen molar-refractivity contribution in [1.29, 1.82) is 0 Å². The first-order valence-electron chi connectivity index (χ1n) is 8.37. The summed E-state index contributed by atoms with van der Waals surface area (Å²) in [5.41, 5.74) is 2.07. The van der Waals surface area contributed by atoms with Gasteiger partial charge in [0.2, 0.25) is 0 Å². The molecule has 1 amide bonds. The number of esters is 1. The van der Waals surface area contributed by atoms with Crippen LogP contribution in [0.2, 0.25) is 0 Å². The molecule has 136 valence electrons. The minimum Gasteiger partial charge on any atom is -0.466 e. The number of rotatable bonds is 6. The van der Waals surface area contributed by atoms with Gasteiger partial charge in [-0.2, -0.15) is 5.10 Å². The lowest BCUT2D eigenvalue weighted by Gasteiger charge is -2.19. The fourth-order valence-corrected chi connectivity index (χ4v) is 2.39. The highest BCUT2D eigenvalue weighted by Crippen LogP contribution is 2.19. The average Bonchev–Trinajstić information content (AvgIpc) is 2.88. The first-order chi connectivity index (χ1) is 11.8. The van der Waals surface area contributed by atoms with E-state index in [0.717, 1.165) is 22.2 Å². The molecule has 7 heteroatoms. The molecule has 0 saturated carbocycles. The highest BCUT2D eigenvalue weighted by Gasteiger charge is 2.16. The predicted molar refractivity (Wildman–Crippen MR) is 94.4 cm³/mol. The van der Waals surface area contributed by atoms with Crippen molar-refractivity contribution < 1.29 is 19.1 Å². The van der Waals surface area contributed by atoms with Gasteiger partial charge in [0.05, 0.1) is 18.5 Å². The maximum absolute atomic E-state index is 11.7. The number of nitrogens with one attached hydrogen (secondary N) is 2. The van der Waals surface area contributed by atoms with Crippen LogP contribution in [0, 0.1) is 0 Å². The van der Waals surface area contributed by atoms with Gasteiger partial charge >= 0.3 is 12.1 Å². The zero-order valence-electron chi connectivity index (χ0n) is 15.1.